The maximum Gasteiger partial charge on any atom is 0.322 e. The van der Waals surface area contributed by atoms with E-state index in [-0.39, 0.29) is 0 Å². The Labute approximate surface area is 221 Å². The second kappa shape index (κ2) is 13.1. The lowest BCUT2D eigenvalue weighted by Gasteiger charge is -2.37. The number of aromatic nitrogens is 1. The third kappa shape index (κ3) is 6.74. The number of rotatable bonds is 11. The molecule has 0 spiro atoms. The summed E-state index contributed by atoms with van der Waals surface area (Å²) in [6.07, 6.45) is 7.33. The van der Waals surface area contributed by atoms with E-state index in [9.17, 15) is 9.90 Å². The quantitative estimate of drug-likeness (QED) is 0.308. The fourth-order valence-corrected chi connectivity index (χ4v) is 5.60. The van der Waals surface area contributed by atoms with Gasteiger partial charge in [0, 0.05) is 43.4 Å². The molecule has 37 heavy (non-hydrogen) atoms. The molecule has 1 aromatic heterocycles. The van der Waals surface area contributed by atoms with E-state index in [0.717, 1.165) is 87.8 Å². The number of aliphatic carboxylic acids is 1. The molecule has 3 aliphatic rings. The predicted molar refractivity (Wildman–Crippen MR) is 149 cm³/mol. The van der Waals surface area contributed by atoms with Crippen LogP contribution in [0.2, 0.25) is 0 Å². The molecular formula is C28H45N7O2. The summed E-state index contributed by atoms with van der Waals surface area (Å²) in [5.74, 6) is 3.17. The molecule has 4 heterocycles. The number of fused-ring (bicyclic) bond motifs is 1. The Bertz CT molecular complexity index is 981. The zero-order chi connectivity index (χ0) is 26.2. The Morgan fingerprint density at radius 1 is 1.16 bits per heavy atom. The van der Waals surface area contributed by atoms with Gasteiger partial charge in [-0.3, -0.25) is 4.79 Å². The van der Waals surface area contributed by atoms with Gasteiger partial charge < -0.3 is 31.3 Å². The Hall–Kier alpha value is -2.81. The highest BCUT2D eigenvalue weighted by Gasteiger charge is 2.28. The van der Waals surface area contributed by atoms with Crippen LogP contribution in [0.5, 0.6) is 0 Å². The Morgan fingerprint density at radius 2 is 1.95 bits per heavy atom. The van der Waals surface area contributed by atoms with Gasteiger partial charge in [-0.05, 0) is 56.2 Å². The van der Waals surface area contributed by atoms with Crippen molar-refractivity contribution in [2.45, 2.75) is 77.7 Å². The maximum atomic E-state index is 11.9. The normalized spacial score (nSPS) is 19.1. The van der Waals surface area contributed by atoms with Gasteiger partial charge in [-0.25, -0.2) is 9.98 Å². The summed E-state index contributed by atoms with van der Waals surface area (Å²) in [6.45, 7) is 10.9. The number of anilines is 1. The first-order valence-corrected chi connectivity index (χ1v) is 14.2. The Morgan fingerprint density at radius 3 is 2.65 bits per heavy atom. The molecule has 1 aromatic rings. The van der Waals surface area contributed by atoms with E-state index in [0.29, 0.717) is 25.0 Å². The highest BCUT2D eigenvalue weighted by molar-refractivity contribution is 5.99. The standard InChI is InChI=1S/C28H45N7O2/c1-4-19(5-2)16-30-24(28(36)37)17-31-26-22(6-3)27(33-18-32-26)35-14-11-20(12-15-35)23-10-9-21-8-7-13-29-25(21)34-23/h9-10,19-20,24,30-32H,4-8,11-18H2,1-3H3,(H,29,34)(H,36,37)/t24-/m0/s1. The summed E-state index contributed by atoms with van der Waals surface area (Å²) in [7, 11) is 0. The number of amidine groups is 1. The molecule has 0 unspecified atom stereocenters. The lowest BCUT2D eigenvalue weighted by molar-refractivity contribution is -0.139. The number of hydrogen-bond donors (Lipinski definition) is 5. The molecule has 4 rings (SSSR count). The third-order valence-corrected chi connectivity index (χ3v) is 8.13. The number of piperidine rings is 1. The lowest BCUT2D eigenvalue weighted by atomic mass is 9.91. The van der Waals surface area contributed by atoms with Crippen molar-refractivity contribution in [1.82, 2.24) is 25.8 Å². The van der Waals surface area contributed by atoms with Gasteiger partial charge in [-0.15, -0.1) is 0 Å². The topological polar surface area (TPSA) is 114 Å². The first-order valence-electron chi connectivity index (χ1n) is 14.2. The number of nitrogens with zero attached hydrogens (tertiary/aromatic N) is 3. The third-order valence-electron chi connectivity index (χ3n) is 8.13. The number of nitrogens with one attached hydrogen (secondary N) is 4. The molecule has 204 valence electrons. The molecule has 1 fully saturated rings. The molecule has 0 saturated carbocycles. The number of hydrogen-bond acceptors (Lipinski definition) is 8. The van der Waals surface area contributed by atoms with Gasteiger partial charge in [0.25, 0.3) is 0 Å². The molecule has 0 aromatic carbocycles. The molecule has 1 saturated heterocycles. The summed E-state index contributed by atoms with van der Waals surface area (Å²) >= 11 is 0. The molecule has 3 aliphatic heterocycles. The van der Waals surface area contributed by atoms with Gasteiger partial charge in [0.2, 0.25) is 0 Å². The average molecular weight is 512 g/mol. The summed E-state index contributed by atoms with van der Waals surface area (Å²) < 4.78 is 0. The zero-order valence-corrected chi connectivity index (χ0v) is 22.8. The number of aryl methyl sites for hydroxylation is 1. The van der Waals surface area contributed by atoms with Crippen molar-refractivity contribution in [3.8, 4) is 0 Å². The van der Waals surface area contributed by atoms with E-state index in [1.807, 2.05) is 0 Å². The first kappa shape index (κ1) is 27.2. The van der Waals surface area contributed by atoms with Gasteiger partial charge in [-0.1, -0.05) is 39.7 Å². The SMILES string of the molecule is CCC1=C(NC[C@H](NCC(CC)CC)C(=O)O)NCN=C1N1CCC(c2ccc3c(n2)NCCC3)CC1. The Balaban J connectivity index is 1.36. The minimum absolute atomic E-state index is 0.328. The number of carboxylic acid groups (broad SMARTS) is 1. The summed E-state index contributed by atoms with van der Waals surface area (Å²) in [6, 6.07) is 3.85. The lowest BCUT2D eigenvalue weighted by Crippen LogP contribution is -2.49. The van der Waals surface area contributed by atoms with Crippen LogP contribution in [0.3, 0.4) is 0 Å². The van der Waals surface area contributed by atoms with Gasteiger partial charge >= 0.3 is 5.97 Å². The van der Waals surface area contributed by atoms with Crippen LogP contribution in [-0.4, -0.2) is 72.2 Å². The van der Waals surface area contributed by atoms with E-state index >= 15 is 0 Å². The van der Waals surface area contributed by atoms with Crippen LogP contribution in [0.1, 0.15) is 76.5 Å². The fraction of sp³-hybridized carbons (Fsp3) is 0.679. The number of likely N-dealkylation sites (tertiary alicyclic amines) is 1. The molecule has 1 atom stereocenters. The first-order chi connectivity index (χ1) is 18.0. The molecule has 0 radical (unpaired) electrons. The van der Waals surface area contributed by atoms with E-state index in [1.54, 1.807) is 0 Å². The highest BCUT2D eigenvalue weighted by atomic mass is 16.4. The van der Waals surface area contributed by atoms with E-state index in [4.69, 9.17) is 9.98 Å². The molecule has 9 heteroatoms. The summed E-state index contributed by atoms with van der Waals surface area (Å²) in [5.41, 5.74) is 3.67. The smallest absolute Gasteiger partial charge is 0.322 e. The van der Waals surface area contributed by atoms with Crippen LogP contribution in [0, 0.1) is 5.92 Å². The molecule has 0 bridgehead atoms. The van der Waals surface area contributed by atoms with Crippen LogP contribution in [0.4, 0.5) is 5.82 Å². The minimum Gasteiger partial charge on any atom is -0.480 e. The maximum absolute atomic E-state index is 11.9. The fourth-order valence-electron chi connectivity index (χ4n) is 5.60. The van der Waals surface area contributed by atoms with Gasteiger partial charge in [0.05, 0.1) is 0 Å². The van der Waals surface area contributed by atoms with Crippen molar-refractivity contribution in [2.75, 3.05) is 44.7 Å². The number of aliphatic imine (C=N–C) groups is 1. The van der Waals surface area contributed by atoms with Crippen LogP contribution in [-0.2, 0) is 11.2 Å². The van der Waals surface area contributed by atoms with Crippen LogP contribution in [0.15, 0.2) is 28.5 Å². The molecule has 0 aliphatic carbocycles. The number of pyridine rings is 1. The van der Waals surface area contributed by atoms with Crippen molar-refractivity contribution in [3.63, 3.8) is 0 Å². The largest absolute Gasteiger partial charge is 0.480 e. The molecule has 0 amide bonds. The monoisotopic (exact) mass is 511 g/mol. The predicted octanol–water partition coefficient (Wildman–Crippen LogP) is 3.27. The Kier molecular flexibility index (Phi) is 9.66. The second-order valence-corrected chi connectivity index (χ2v) is 10.4. The minimum atomic E-state index is -0.824. The van der Waals surface area contributed by atoms with Crippen LogP contribution in [0.25, 0.3) is 0 Å². The van der Waals surface area contributed by atoms with Crippen molar-refractivity contribution in [1.29, 1.82) is 0 Å². The summed E-state index contributed by atoms with van der Waals surface area (Å²) in [4.78, 5) is 24.1. The number of carboxylic acids is 1. The van der Waals surface area contributed by atoms with Gasteiger partial charge in [-0.2, -0.15) is 0 Å². The van der Waals surface area contributed by atoms with Crippen molar-refractivity contribution < 1.29 is 9.90 Å². The molecular weight excluding hydrogens is 466 g/mol. The van der Waals surface area contributed by atoms with E-state index in [1.165, 1.54) is 17.7 Å². The van der Waals surface area contributed by atoms with Crippen LogP contribution >= 0.6 is 0 Å². The molecule has 5 N–H and O–H groups in total. The van der Waals surface area contributed by atoms with E-state index < -0.39 is 12.0 Å². The van der Waals surface area contributed by atoms with Gasteiger partial charge in [0.1, 0.15) is 30.2 Å². The summed E-state index contributed by atoms with van der Waals surface area (Å²) in [5, 5.41) is 23.2. The van der Waals surface area contributed by atoms with Crippen molar-refractivity contribution in [3.05, 3.63) is 34.8 Å². The average Bonchev–Trinajstić information content (AvgIpc) is 2.94. The number of carbonyl (C=O) groups is 1. The van der Waals surface area contributed by atoms with Gasteiger partial charge in [0.15, 0.2) is 0 Å². The van der Waals surface area contributed by atoms with Crippen LogP contribution < -0.4 is 21.3 Å². The second-order valence-electron chi connectivity index (χ2n) is 10.4. The van der Waals surface area contributed by atoms with Crippen molar-refractivity contribution in [2.24, 2.45) is 10.9 Å². The zero-order valence-electron chi connectivity index (χ0n) is 22.8. The van der Waals surface area contributed by atoms with Crippen molar-refractivity contribution >= 4 is 17.6 Å². The highest BCUT2D eigenvalue weighted by Crippen LogP contribution is 2.31. The van der Waals surface area contributed by atoms with E-state index in [2.05, 4.69) is 59.1 Å². The molecule has 9 nitrogen and oxygen atoms in total.